The first kappa shape index (κ1) is 77.0. The molecule has 0 bridgehead atoms. The standard InChI is InChI=1S/C70H121NO13/c1-3-5-7-9-11-13-15-17-19-21-23-24-25-26-27-28-29-30-31-32-33-34-36-37-39-41-43-45-47-49-51-53-59(74)58(71-62(75)54-52-50-48-46-44-42-40-38-35-22-20-18-16-14-12-10-8-6-4-2)57-81-69-67(80)65(78)68(61(56-73)83-69)84-70-66(79)64(77)63(76)60(55-72)82-70/h6,8,12,14,18,20,35,38,42-45,48,50-51,53,58-61,63-70,72-74,76-80H,3-5,7,9-11,13,15-17,19,21-34,36-37,39-41,46-47,49,52,54-57H2,1-2H3,(H,71,75)/b8-6-,14-12-,20-18-,38-35-,44-42-,45-43+,50-48-,53-51+. The van der Waals surface area contributed by atoms with Crippen molar-refractivity contribution in [2.45, 2.75) is 319 Å². The maximum Gasteiger partial charge on any atom is 0.220 e. The van der Waals surface area contributed by atoms with Gasteiger partial charge >= 0.3 is 0 Å². The van der Waals surface area contributed by atoms with Crippen LogP contribution in [-0.4, -0.2) is 140 Å². The van der Waals surface area contributed by atoms with Crippen molar-refractivity contribution < 1.29 is 64.6 Å². The van der Waals surface area contributed by atoms with Crippen LogP contribution in [0.1, 0.15) is 245 Å². The van der Waals surface area contributed by atoms with E-state index in [0.717, 1.165) is 51.4 Å². The van der Waals surface area contributed by atoms with Gasteiger partial charge in [0.05, 0.1) is 32.0 Å². The lowest BCUT2D eigenvalue weighted by Gasteiger charge is -2.46. The van der Waals surface area contributed by atoms with Gasteiger partial charge in [0, 0.05) is 6.42 Å². The van der Waals surface area contributed by atoms with Gasteiger partial charge in [0.1, 0.15) is 48.8 Å². The topological polar surface area (TPSA) is 228 Å². The fourth-order valence-corrected chi connectivity index (χ4v) is 10.4. The van der Waals surface area contributed by atoms with Crippen molar-refractivity contribution in [1.82, 2.24) is 5.32 Å². The van der Waals surface area contributed by atoms with Crippen LogP contribution in [0.5, 0.6) is 0 Å². The summed E-state index contributed by atoms with van der Waals surface area (Å²) in [6, 6.07) is -0.980. The Morgan fingerprint density at radius 2 is 0.833 bits per heavy atom. The lowest BCUT2D eigenvalue weighted by atomic mass is 9.97. The number of hydrogen-bond acceptors (Lipinski definition) is 13. The average molecular weight is 1180 g/mol. The Morgan fingerprint density at radius 3 is 1.30 bits per heavy atom. The third-order valence-electron chi connectivity index (χ3n) is 15.8. The summed E-state index contributed by atoms with van der Waals surface area (Å²) in [5.74, 6) is -0.333. The van der Waals surface area contributed by atoms with Crippen molar-refractivity contribution in [3.8, 4) is 0 Å². The summed E-state index contributed by atoms with van der Waals surface area (Å²) in [5.41, 5.74) is 0. The summed E-state index contributed by atoms with van der Waals surface area (Å²) in [6.07, 6.45) is 59.2. The van der Waals surface area contributed by atoms with Crippen molar-refractivity contribution in [2.24, 2.45) is 0 Å². The molecule has 2 fully saturated rings. The number of amides is 1. The highest BCUT2D eigenvalue weighted by molar-refractivity contribution is 5.76. The van der Waals surface area contributed by atoms with Crippen molar-refractivity contribution in [3.63, 3.8) is 0 Å². The minimum atomic E-state index is -1.80. The summed E-state index contributed by atoms with van der Waals surface area (Å²) in [6.45, 7) is 2.63. The van der Waals surface area contributed by atoms with E-state index in [1.165, 1.54) is 161 Å². The maximum atomic E-state index is 13.2. The Bertz CT molecular complexity index is 1780. The van der Waals surface area contributed by atoms with Crippen LogP contribution >= 0.6 is 0 Å². The fourth-order valence-electron chi connectivity index (χ4n) is 10.4. The van der Waals surface area contributed by atoms with E-state index in [9.17, 15) is 45.6 Å². The normalized spacial score (nSPS) is 24.3. The Balaban J connectivity index is 1.73. The molecule has 14 heteroatoms. The molecular weight excluding hydrogens is 1060 g/mol. The summed E-state index contributed by atoms with van der Waals surface area (Å²) in [4.78, 5) is 13.2. The highest BCUT2D eigenvalue weighted by Crippen LogP contribution is 2.30. The molecule has 0 aromatic carbocycles. The number of carbonyl (C=O) groups excluding carboxylic acids is 1. The molecule has 9 N–H and O–H groups in total. The van der Waals surface area contributed by atoms with Crippen molar-refractivity contribution in [1.29, 1.82) is 0 Å². The molecule has 12 unspecified atom stereocenters. The van der Waals surface area contributed by atoms with E-state index in [2.05, 4.69) is 92.1 Å². The fraction of sp³-hybridized carbons (Fsp3) is 0.757. The predicted octanol–water partition coefficient (Wildman–Crippen LogP) is 13.0. The van der Waals surface area contributed by atoms with Gasteiger partial charge in [-0.15, -0.1) is 0 Å². The van der Waals surface area contributed by atoms with Gasteiger partial charge in [0.25, 0.3) is 0 Å². The number of hydrogen-bond donors (Lipinski definition) is 9. The minimum Gasteiger partial charge on any atom is -0.394 e. The lowest BCUT2D eigenvalue weighted by Crippen LogP contribution is -2.65. The number of rotatable bonds is 53. The van der Waals surface area contributed by atoms with Gasteiger partial charge in [0.15, 0.2) is 12.6 Å². The first-order chi connectivity index (χ1) is 41.1. The molecule has 2 rings (SSSR count). The molecule has 2 saturated heterocycles. The zero-order valence-electron chi connectivity index (χ0n) is 52.4. The number of nitrogens with one attached hydrogen (secondary N) is 1. The molecule has 1 amide bonds. The first-order valence-electron chi connectivity index (χ1n) is 33.5. The second kappa shape index (κ2) is 54.1. The number of aliphatic hydroxyl groups excluding tert-OH is 8. The van der Waals surface area contributed by atoms with Crippen LogP contribution in [0.2, 0.25) is 0 Å². The van der Waals surface area contributed by atoms with Crippen LogP contribution in [0.15, 0.2) is 97.2 Å². The zero-order valence-corrected chi connectivity index (χ0v) is 52.4. The summed E-state index contributed by atoms with van der Waals surface area (Å²) >= 11 is 0. The van der Waals surface area contributed by atoms with Crippen molar-refractivity contribution in [3.05, 3.63) is 97.2 Å². The summed E-state index contributed by atoms with van der Waals surface area (Å²) in [5, 5.41) is 87.2. The van der Waals surface area contributed by atoms with E-state index in [1.807, 2.05) is 18.2 Å². The average Bonchev–Trinajstić information content (AvgIpc) is 3.62. The molecule has 0 radical (unpaired) electrons. The molecule has 0 saturated carbocycles. The number of aliphatic hydroxyl groups is 8. The zero-order chi connectivity index (χ0) is 60.9. The minimum absolute atomic E-state index is 0.143. The van der Waals surface area contributed by atoms with E-state index >= 15 is 0 Å². The Kier molecular flexibility index (Phi) is 49.6. The summed E-state index contributed by atoms with van der Waals surface area (Å²) in [7, 11) is 0. The second-order valence-electron chi connectivity index (χ2n) is 23.2. The van der Waals surface area contributed by atoms with Gasteiger partial charge < -0.3 is 65.1 Å². The molecule has 0 spiro atoms. The third-order valence-corrected chi connectivity index (χ3v) is 15.8. The number of unbranched alkanes of at least 4 members (excludes halogenated alkanes) is 26. The van der Waals surface area contributed by atoms with E-state index in [1.54, 1.807) is 6.08 Å². The van der Waals surface area contributed by atoms with Gasteiger partial charge in [0.2, 0.25) is 5.91 Å². The molecule has 0 aliphatic carbocycles. The quantitative estimate of drug-likeness (QED) is 0.0204. The van der Waals surface area contributed by atoms with Crippen LogP contribution in [0.4, 0.5) is 0 Å². The molecule has 484 valence electrons. The molecular formula is C70H121NO13. The summed E-state index contributed by atoms with van der Waals surface area (Å²) < 4.78 is 22.8. The van der Waals surface area contributed by atoms with E-state index in [-0.39, 0.29) is 18.9 Å². The van der Waals surface area contributed by atoms with E-state index in [0.29, 0.717) is 12.8 Å². The molecule has 12 atom stereocenters. The van der Waals surface area contributed by atoms with Gasteiger partial charge in [-0.1, -0.05) is 265 Å². The van der Waals surface area contributed by atoms with E-state index < -0.39 is 86.8 Å². The number of ether oxygens (including phenoxy) is 4. The SMILES string of the molecule is CC/C=C\C/C=C\C/C=C\C/C=C\C/C=C\C/C=C\CCC(=O)NC(COC1OC(CO)C(OC2OC(CO)C(O)C(O)C2O)C(O)C1O)C(O)/C=C/CC/C=C/CCCCCCCCCCCCCCCCCCCCCCCCCCC. The maximum absolute atomic E-state index is 13.2. The third kappa shape index (κ3) is 38.2. The number of allylic oxidation sites excluding steroid dienone is 15. The van der Waals surface area contributed by atoms with E-state index in [4.69, 9.17) is 18.9 Å². The smallest absolute Gasteiger partial charge is 0.220 e. The van der Waals surface area contributed by atoms with Crippen molar-refractivity contribution >= 4 is 5.91 Å². The highest BCUT2D eigenvalue weighted by atomic mass is 16.7. The molecule has 0 aromatic heterocycles. The second-order valence-corrected chi connectivity index (χ2v) is 23.2. The first-order valence-corrected chi connectivity index (χ1v) is 33.5. The Hall–Kier alpha value is -3.09. The lowest BCUT2D eigenvalue weighted by molar-refractivity contribution is -0.359. The molecule has 2 aliphatic heterocycles. The molecule has 84 heavy (non-hydrogen) atoms. The van der Waals surface area contributed by atoms with Crippen LogP contribution in [-0.2, 0) is 23.7 Å². The van der Waals surface area contributed by atoms with Gasteiger partial charge in [-0.3, -0.25) is 4.79 Å². The van der Waals surface area contributed by atoms with Gasteiger partial charge in [-0.2, -0.15) is 0 Å². The van der Waals surface area contributed by atoms with Crippen LogP contribution in [0, 0.1) is 0 Å². The molecule has 0 aromatic rings. The Labute approximate surface area is 509 Å². The van der Waals surface area contributed by atoms with Crippen LogP contribution < -0.4 is 5.32 Å². The van der Waals surface area contributed by atoms with Crippen molar-refractivity contribution in [2.75, 3.05) is 19.8 Å². The largest absolute Gasteiger partial charge is 0.394 e. The molecule has 14 nitrogen and oxygen atoms in total. The van der Waals surface area contributed by atoms with Gasteiger partial charge in [-0.25, -0.2) is 0 Å². The van der Waals surface area contributed by atoms with Crippen LogP contribution in [0.3, 0.4) is 0 Å². The highest BCUT2D eigenvalue weighted by Gasteiger charge is 2.51. The molecule has 2 heterocycles. The number of carbonyl (C=O) groups is 1. The monoisotopic (exact) mass is 1180 g/mol. The molecule has 2 aliphatic rings. The van der Waals surface area contributed by atoms with Gasteiger partial charge in [-0.05, 0) is 70.6 Å². The predicted molar refractivity (Wildman–Crippen MR) is 341 cm³/mol. The Morgan fingerprint density at radius 1 is 0.440 bits per heavy atom. The van der Waals surface area contributed by atoms with Crippen LogP contribution in [0.25, 0.3) is 0 Å².